The zero-order chi connectivity index (χ0) is 55.1. The van der Waals surface area contributed by atoms with Gasteiger partial charge in [0.1, 0.15) is 18.3 Å². The van der Waals surface area contributed by atoms with Gasteiger partial charge in [0.05, 0.1) is 75.1 Å². The summed E-state index contributed by atoms with van der Waals surface area (Å²) in [6, 6.07) is 3.08. The Morgan fingerprint density at radius 3 is 2.01 bits per heavy atom. The molecule has 0 bridgehead atoms. The van der Waals surface area contributed by atoms with Crippen LogP contribution in [0.5, 0.6) is 0 Å². The molecule has 1 aromatic carbocycles. The van der Waals surface area contributed by atoms with Gasteiger partial charge >= 0.3 is 0 Å². The average Bonchev–Trinajstić information content (AvgIpc) is 3.82. The quantitative estimate of drug-likeness (QED) is 0.0328. The predicted molar refractivity (Wildman–Crippen MR) is 281 cm³/mol. The van der Waals surface area contributed by atoms with Gasteiger partial charge in [-0.1, -0.05) is 80.9 Å². The van der Waals surface area contributed by atoms with Crippen LogP contribution >= 0.6 is 0 Å². The van der Waals surface area contributed by atoms with E-state index in [4.69, 9.17) is 23.8 Å². The number of anilines is 1. The summed E-state index contributed by atoms with van der Waals surface area (Å²) in [5, 5.41) is 21.8. The van der Waals surface area contributed by atoms with Gasteiger partial charge in [0, 0.05) is 47.0 Å². The molecule has 20 nitrogen and oxygen atoms in total. The standard InChI is InChI=1S/C53H94N8O12/c1-17-35(8)47(60(13)53(68)45(33(4)5)57-52(67)46(34(6)7)59(11)12)42(70-15)30-44(63)61-25-18-19-41(61)48(71-16)36(9)49(64)56-40(29-32(2)3)51(66)58-73-31-38-20-22-39(23-21-38)55-50(65)37(10)54-43(62)24-26-72-28-27-69-14/h20-23,32-37,40-43,45-48,54,62H,17-19,24-31H2,1-16H3,(H,55,65)(H,56,64)(H,57,67)(H,58,66). The molecule has 0 saturated carbocycles. The van der Waals surface area contributed by atoms with E-state index in [0.717, 1.165) is 0 Å². The first-order valence-corrected chi connectivity index (χ1v) is 26.1. The van der Waals surface area contributed by atoms with Crippen molar-refractivity contribution in [2.24, 2.45) is 29.6 Å². The van der Waals surface area contributed by atoms with E-state index in [1.54, 1.807) is 69.2 Å². The molecule has 0 aliphatic carbocycles. The van der Waals surface area contributed by atoms with Crippen molar-refractivity contribution in [3.8, 4) is 0 Å². The molecular formula is C53H94N8O12. The third-order valence-electron chi connectivity index (χ3n) is 13.7. The number of ether oxygens (including phenoxy) is 4. The van der Waals surface area contributed by atoms with Crippen molar-refractivity contribution in [3.63, 3.8) is 0 Å². The summed E-state index contributed by atoms with van der Waals surface area (Å²) >= 11 is 0. The van der Waals surface area contributed by atoms with Crippen molar-refractivity contribution in [1.29, 1.82) is 0 Å². The van der Waals surface area contributed by atoms with Crippen molar-refractivity contribution in [1.82, 2.24) is 36.1 Å². The van der Waals surface area contributed by atoms with Crippen LogP contribution in [0.25, 0.3) is 0 Å². The SMILES string of the molecule is CCC(C)C(C(CC(=O)N1CCCC1C(OC)C(C)C(=O)NC(CC(C)C)C(=O)NOCc1ccc(NC(=O)C(C)NC(O)CCOCCOC)cc1)OC)N(C)C(=O)C(NC(=O)C(C(C)C)N(C)C)C(C)C. The number of likely N-dealkylation sites (N-methyl/N-ethyl adjacent to an activating group) is 2. The van der Waals surface area contributed by atoms with E-state index in [0.29, 0.717) is 69.7 Å². The molecule has 0 radical (unpaired) electrons. The van der Waals surface area contributed by atoms with Gasteiger partial charge in [-0.15, -0.1) is 0 Å². The molecule has 1 heterocycles. The summed E-state index contributed by atoms with van der Waals surface area (Å²) in [7, 11) is 10.0. The van der Waals surface area contributed by atoms with Crippen LogP contribution in [0, 0.1) is 29.6 Å². The summed E-state index contributed by atoms with van der Waals surface area (Å²) in [6.07, 6.45) is 0.273. The van der Waals surface area contributed by atoms with Crippen molar-refractivity contribution in [2.75, 3.05) is 74.2 Å². The maximum atomic E-state index is 14.4. The van der Waals surface area contributed by atoms with Gasteiger partial charge in [-0.25, -0.2) is 5.48 Å². The minimum absolute atomic E-state index is 0.00773. The number of carbonyl (C=O) groups is 6. The number of aliphatic hydroxyl groups excluding tert-OH is 1. The van der Waals surface area contributed by atoms with E-state index in [1.165, 1.54) is 7.11 Å². The normalized spacial score (nSPS) is 18.1. The smallest absolute Gasteiger partial charge is 0.266 e. The first-order valence-electron chi connectivity index (χ1n) is 26.1. The molecule has 0 spiro atoms. The van der Waals surface area contributed by atoms with Gasteiger partial charge in [0.15, 0.2) is 0 Å². The molecule has 1 saturated heterocycles. The van der Waals surface area contributed by atoms with Crippen LogP contribution in [0.2, 0.25) is 0 Å². The van der Waals surface area contributed by atoms with E-state index in [-0.39, 0.29) is 60.3 Å². The predicted octanol–water partition coefficient (Wildman–Crippen LogP) is 3.70. The van der Waals surface area contributed by atoms with E-state index in [1.807, 2.05) is 74.4 Å². The molecule has 1 aliphatic heterocycles. The molecule has 73 heavy (non-hydrogen) atoms. The van der Waals surface area contributed by atoms with Crippen LogP contribution in [0.1, 0.15) is 113 Å². The second-order valence-electron chi connectivity index (χ2n) is 20.9. The highest BCUT2D eigenvalue weighted by Gasteiger charge is 2.43. The molecule has 1 aromatic rings. The topological polar surface area (TPSA) is 239 Å². The van der Waals surface area contributed by atoms with Crippen LogP contribution < -0.4 is 26.7 Å². The Balaban J connectivity index is 2.11. The fourth-order valence-electron chi connectivity index (χ4n) is 9.50. The Morgan fingerprint density at radius 2 is 1.47 bits per heavy atom. The van der Waals surface area contributed by atoms with Crippen molar-refractivity contribution in [3.05, 3.63) is 29.8 Å². The lowest BCUT2D eigenvalue weighted by Gasteiger charge is -2.41. The Hall–Kier alpha value is -4.28. The van der Waals surface area contributed by atoms with Crippen LogP contribution in [-0.4, -0.2) is 179 Å². The molecule has 2 rings (SSSR count). The van der Waals surface area contributed by atoms with Crippen molar-refractivity contribution in [2.45, 2.75) is 169 Å². The molecular weight excluding hydrogens is 941 g/mol. The van der Waals surface area contributed by atoms with E-state index in [2.05, 4.69) is 26.7 Å². The van der Waals surface area contributed by atoms with Gasteiger partial charge in [0.25, 0.3) is 5.91 Å². The number of hydrogen-bond acceptors (Lipinski definition) is 14. The van der Waals surface area contributed by atoms with Gasteiger partial charge in [-0.3, -0.25) is 43.8 Å². The van der Waals surface area contributed by atoms with Crippen LogP contribution in [0.3, 0.4) is 0 Å². The van der Waals surface area contributed by atoms with E-state index < -0.39 is 72.4 Å². The average molecular weight is 1040 g/mol. The second-order valence-corrected chi connectivity index (χ2v) is 20.9. The summed E-state index contributed by atoms with van der Waals surface area (Å²) in [6.45, 7) is 20.7. The minimum Gasteiger partial charge on any atom is -0.382 e. The number of carbonyl (C=O) groups excluding carboxylic acids is 6. The number of likely N-dealkylation sites (tertiary alicyclic amines) is 1. The Labute approximate surface area is 436 Å². The highest BCUT2D eigenvalue weighted by atomic mass is 16.7. The molecule has 11 unspecified atom stereocenters. The summed E-state index contributed by atoms with van der Waals surface area (Å²) in [5.41, 5.74) is 3.72. The second kappa shape index (κ2) is 32.9. The third kappa shape index (κ3) is 20.8. The molecule has 6 N–H and O–H groups in total. The number of benzene rings is 1. The number of aliphatic hydroxyl groups is 1. The van der Waals surface area contributed by atoms with Crippen LogP contribution in [0.4, 0.5) is 5.69 Å². The number of hydroxylamine groups is 1. The Kier molecular flexibility index (Phi) is 29.2. The largest absolute Gasteiger partial charge is 0.382 e. The number of amides is 6. The molecule has 6 amide bonds. The maximum absolute atomic E-state index is 14.4. The third-order valence-corrected chi connectivity index (χ3v) is 13.7. The molecule has 418 valence electrons. The maximum Gasteiger partial charge on any atom is 0.266 e. The monoisotopic (exact) mass is 1030 g/mol. The first-order chi connectivity index (χ1) is 34.4. The van der Waals surface area contributed by atoms with Crippen molar-refractivity contribution >= 4 is 41.1 Å². The van der Waals surface area contributed by atoms with Crippen LogP contribution in [0.15, 0.2) is 24.3 Å². The highest BCUT2D eigenvalue weighted by Crippen LogP contribution is 2.30. The number of nitrogens with one attached hydrogen (secondary N) is 5. The summed E-state index contributed by atoms with van der Waals surface area (Å²) in [4.78, 5) is 93.5. The molecule has 20 heteroatoms. The molecule has 0 aromatic heterocycles. The zero-order valence-electron chi connectivity index (χ0n) is 47.0. The summed E-state index contributed by atoms with van der Waals surface area (Å²) in [5.74, 6) is -2.95. The van der Waals surface area contributed by atoms with Gasteiger partial charge < -0.3 is 49.8 Å². The van der Waals surface area contributed by atoms with E-state index in [9.17, 15) is 33.9 Å². The van der Waals surface area contributed by atoms with Crippen LogP contribution in [-0.2, 0) is 59.2 Å². The van der Waals surface area contributed by atoms with Gasteiger partial charge in [-0.2, -0.15) is 0 Å². The van der Waals surface area contributed by atoms with Gasteiger partial charge in [-0.05, 0) is 81.6 Å². The van der Waals surface area contributed by atoms with E-state index >= 15 is 0 Å². The fraction of sp³-hybridized carbons (Fsp3) is 0.774. The number of hydrogen-bond donors (Lipinski definition) is 6. The minimum atomic E-state index is -0.934. The first kappa shape index (κ1) is 64.8. The van der Waals surface area contributed by atoms with Gasteiger partial charge in [0.2, 0.25) is 29.5 Å². The Bertz CT molecular complexity index is 1830. The lowest BCUT2D eigenvalue weighted by atomic mass is 9.89. The summed E-state index contributed by atoms with van der Waals surface area (Å²) < 4.78 is 22.4. The number of nitrogens with zero attached hydrogens (tertiary/aromatic N) is 3. The number of rotatable bonds is 34. The van der Waals surface area contributed by atoms with Crippen molar-refractivity contribution < 1.29 is 57.7 Å². The fourth-order valence-corrected chi connectivity index (χ4v) is 9.50. The number of methoxy groups -OCH3 is 3. The zero-order valence-corrected chi connectivity index (χ0v) is 47.0. The molecule has 11 atom stereocenters. The lowest BCUT2D eigenvalue weighted by molar-refractivity contribution is -0.148. The molecule has 1 aliphatic rings. The Morgan fingerprint density at radius 1 is 0.808 bits per heavy atom. The molecule has 1 fully saturated rings. The lowest BCUT2D eigenvalue weighted by Crippen LogP contribution is -2.59. The highest BCUT2D eigenvalue weighted by molar-refractivity contribution is 5.94.